The summed E-state index contributed by atoms with van der Waals surface area (Å²) < 4.78 is 5.81. The number of rotatable bonds is 4. The second-order valence-corrected chi connectivity index (χ2v) is 7.24. The lowest BCUT2D eigenvalue weighted by molar-refractivity contribution is -0.172. The van der Waals surface area contributed by atoms with Crippen molar-refractivity contribution in [2.24, 2.45) is 0 Å². The average molecular weight is 359 g/mol. The van der Waals surface area contributed by atoms with Gasteiger partial charge in [0, 0.05) is 32.2 Å². The Kier molecular flexibility index (Phi) is 5.94. The van der Waals surface area contributed by atoms with Gasteiger partial charge in [0.05, 0.1) is 6.04 Å². The van der Waals surface area contributed by atoms with Gasteiger partial charge < -0.3 is 19.4 Å². The number of piperazine rings is 1. The van der Waals surface area contributed by atoms with E-state index in [-0.39, 0.29) is 30.5 Å². The van der Waals surface area contributed by atoms with E-state index in [1.807, 2.05) is 54.0 Å². The second-order valence-electron chi connectivity index (χ2n) is 7.24. The first-order valence-electron chi connectivity index (χ1n) is 9.51. The summed E-state index contributed by atoms with van der Waals surface area (Å²) >= 11 is 0. The van der Waals surface area contributed by atoms with E-state index in [1.165, 1.54) is 0 Å². The molecule has 0 aliphatic carbocycles. The molecule has 0 aromatic heterocycles. The minimum Gasteiger partial charge on any atom is -0.356 e. The molecule has 26 heavy (non-hydrogen) atoms. The Labute approximate surface area is 155 Å². The number of benzene rings is 1. The Morgan fingerprint density at radius 1 is 1.15 bits per heavy atom. The molecule has 0 bridgehead atoms. The molecule has 2 heterocycles. The number of ether oxygens (including phenoxy) is 1. The molecule has 1 aromatic carbocycles. The molecule has 2 aliphatic heterocycles. The van der Waals surface area contributed by atoms with E-state index in [4.69, 9.17) is 4.74 Å². The van der Waals surface area contributed by atoms with Crippen LogP contribution < -0.4 is 0 Å². The molecule has 0 saturated carbocycles. The van der Waals surface area contributed by atoms with Crippen LogP contribution in [0.15, 0.2) is 30.3 Å². The van der Waals surface area contributed by atoms with Crippen LogP contribution >= 0.6 is 0 Å². The first-order valence-corrected chi connectivity index (χ1v) is 9.51. The Morgan fingerprint density at radius 2 is 1.81 bits per heavy atom. The van der Waals surface area contributed by atoms with E-state index in [0.717, 1.165) is 25.2 Å². The van der Waals surface area contributed by atoms with E-state index in [2.05, 4.69) is 11.8 Å². The summed E-state index contributed by atoms with van der Waals surface area (Å²) in [5, 5.41) is 0. The highest BCUT2D eigenvalue weighted by molar-refractivity contribution is 5.86. The summed E-state index contributed by atoms with van der Waals surface area (Å²) in [5.74, 6) is -0.0681. The summed E-state index contributed by atoms with van der Waals surface area (Å²) in [6, 6.07) is 9.38. The fourth-order valence-corrected chi connectivity index (χ4v) is 3.89. The highest BCUT2D eigenvalue weighted by Gasteiger charge is 2.44. The zero-order valence-corrected chi connectivity index (χ0v) is 15.9. The van der Waals surface area contributed by atoms with Crippen LogP contribution in [0.5, 0.6) is 0 Å². The number of carbonyl (C=O) groups excluding carboxylic acids is 2. The molecule has 2 aliphatic rings. The lowest BCUT2D eigenvalue weighted by atomic mass is 9.95. The van der Waals surface area contributed by atoms with Crippen molar-refractivity contribution < 1.29 is 14.3 Å². The standard InChI is InChI=1S/C20H29N3O3/c1-4-21-10-12-22(13-11-21)20(25)19-18(16-8-6-5-7-9-16)23(15(2)3)17(24)14-26-19/h5-9,15,18-19H,4,10-14H2,1-3H3/t18-,19+/m1/s1. The SMILES string of the molecule is CCN1CCN(C(=O)[C@H]2OCC(=O)N(C(C)C)[C@@H]2c2ccccc2)CC1. The van der Waals surface area contributed by atoms with Crippen molar-refractivity contribution in [3.8, 4) is 0 Å². The van der Waals surface area contributed by atoms with Crippen molar-refractivity contribution in [2.45, 2.75) is 39.0 Å². The minimum atomic E-state index is -0.648. The third-order valence-corrected chi connectivity index (χ3v) is 5.33. The molecular weight excluding hydrogens is 330 g/mol. The van der Waals surface area contributed by atoms with Crippen LogP contribution in [0.25, 0.3) is 0 Å². The largest absolute Gasteiger partial charge is 0.356 e. The lowest BCUT2D eigenvalue weighted by Crippen LogP contribution is -2.59. The zero-order valence-electron chi connectivity index (χ0n) is 15.9. The number of hydrogen-bond acceptors (Lipinski definition) is 4. The van der Waals surface area contributed by atoms with Gasteiger partial charge in [0.15, 0.2) is 6.10 Å². The topological polar surface area (TPSA) is 53.1 Å². The average Bonchev–Trinajstić information content (AvgIpc) is 2.67. The monoisotopic (exact) mass is 359 g/mol. The molecule has 2 amide bonds. The number of carbonyl (C=O) groups is 2. The normalized spacial score (nSPS) is 25.0. The van der Waals surface area contributed by atoms with Crippen molar-refractivity contribution in [3.05, 3.63) is 35.9 Å². The maximum Gasteiger partial charge on any atom is 0.254 e. The van der Waals surface area contributed by atoms with Crippen LogP contribution in [0, 0.1) is 0 Å². The third kappa shape index (κ3) is 3.76. The van der Waals surface area contributed by atoms with Gasteiger partial charge >= 0.3 is 0 Å². The fraction of sp³-hybridized carbons (Fsp3) is 0.600. The lowest BCUT2D eigenvalue weighted by Gasteiger charge is -2.45. The number of likely N-dealkylation sites (N-methyl/N-ethyl adjacent to an activating group) is 1. The maximum atomic E-state index is 13.3. The number of hydrogen-bond donors (Lipinski definition) is 0. The van der Waals surface area contributed by atoms with Crippen LogP contribution in [0.1, 0.15) is 32.4 Å². The van der Waals surface area contributed by atoms with Gasteiger partial charge in [-0.2, -0.15) is 0 Å². The fourth-order valence-electron chi connectivity index (χ4n) is 3.89. The van der Waals surface area contributed by atoms with Gasteiger partial charge in [-0.1, -0.05) is 37.3 Å². The smallest absolute Gasteiger partial charge is 0.254 e. The van der Waals surface area contributed by atoms with Crippen LogP contribution in [-0.4, -0.2) is 78.0 Å². The number of amides is 2. The van der Waals surface area contributed by atoms with E-state index in [0.29, 0.717) is 13.1 Å². The molecule has 0 N–H and O–H groups in total. The first-order chi connectivity index (χ1) is 12.5. The van der Waals surface area contributed by atoms with Gasteiger partial charge in [0.25, 0.3) is 5.91 Å². The molecule has 6 nitrogen and oxygen atoms in total. The third-order valence-electron chi connectivity index (χ3n) is 5.33. The van der Waals surface area contributed by atoms with Gasteiger partial charge in [-0.15, -0.1) is 0 Å². The summed E-state index contributed by atoms with van der Waals surface area (Å²) in [6.45, 7) is 10.3. The predicted octanol–water partition coefficient (Wildman–Crippen LogP) is 1.53. The van der Waals surface area contributed by atoms with Crippen LogP contribution in [0.2, 0.25) is 0 Å². The summed E-state index contributed by atoms with van der Waals surface area (Å²) in [7, 11) is 0. The van der Waals surface area contributed by atoms with E-state index in [9.17, 15) is 9.59 Å². The van der Waals surface area contributed by atoms with Crippen molar-refractivity contribution in [1.82, 2.24) is 14.7 Å². The quantitative estimate of drug-likeness (QED) is 0.818. The molecule has 0 spiro atoms. The molecule has 2 fully saturated rings. The number of nitrogens with zero attached hydrogens (tertiary/aromatic N) is 3. The molecule has 2 saturated heterocycles. The van der Waals surface area contributed by atoms with Crippen LogP contribution in [0.3, 0.4) is 0 Å². The Balaban J connectivity index is 1.86. The Bertz CT molecular complexity index is 626. The molecule has 3 rings (SSSR count). The molecule has 2 atom stereocenters. The summed E-state index contributed by atoms with van der Waals surface area (Å²) in [6.07, 6.45) is -0.648. The molecule has 1 aromatic rings. The Morgan fingerprint density at radius 3 is 2.38 bits per heavy atom. The van der Waals surface area contributed by atoms with Crippen LogP contribution in [0.4, 0.5) is 0 Å². The highest BCUT2D eigenvalue weighted by Crippen LogP contribution is 2.33. The second kappa shape index (κ2) is 8.18. The summed E-state index contributed by atoms with van der Waals surface area (Å²) in [5.41, 5.74) is 0.944. The minimum absolute atomic E-state index is 0.00356. The first kappa shape index (κ1) is 18.9. The molecule has 142 valence electrons. The van der Waals surface area contributed by atoms with Crippen molar-refractivity contribution in [3.63, 3.8) is 0 Å². The molecular formula is C20H29N3O3. The number of morpholine rings is 1. The van der Waals surface area contributed by atoms with Gasteiger partial charge in [-0.05, 0) is 26.0 Å². The maximum absolute atomic E-state index is 13.3. The van der Waals surface area contributed by atoms with Crippen LogP contribution in [-0.2, 0) is 14.3 Å². The van der Waals surface area contributed by atoms with Gasteiger partial charge in [-0.25, -0.2) is 0 Å². The highest BCUT2D eigenvalue weighted by atomic mass is 16.5. The zero-order chi connectivity index (χ0) is 18.7. The molecule has 0 radical (unpaired) electrons. The Hall–Kier alpha value is -1.92. The van der Waals surface area contributed by atoms with Gasteiger partial charge in [-0.3, -0.25) is 9.59 Å². The van der Waals surface area contributed by atoms with Crippen molar-refractivity contribution in [1.29, 1.82) is 0 Å². The van der Waals surface area contributed by atoms with E-state index < -0.39 is 6.10 Å². The predicted molar refractivity (Wildman–Crippen MR) is 99.6 cm³/mol. The summed E-state index contributed by atoms with van der Waals surface area (Å²) in [4.78, 5) is 31.8. The van der Waals surface area contributed by atoms with E-state index >= 15 is 0 Å². The van der Waals surface area contributed by atoms with Gasteiger partial charge in [0.1, 0.15) is 6.61 Å². The van der Waals surface area contributed by atoms with E-state index in [1.54, 1.807) is 0 Å². The molecule has 6 heteroatoms. The van der Waals surface area contributed by atoms with Gasteiger partial charge in [0.2, 0.25) is 5.91 Å². The van der Waals surface area contributed by atoms with Crippen molar-refractivity contribution in [2.75, 3.05) is 39.3 Å². The molecule has 0 unspecified atom stereocenters. The van der Waals surface area contributed by atoms with Crippen molar-refractivity contribution >= 4 is 11.8 Å².